The number of hydrogen-bond acceptors (Lipinski definition) is 4. The summed E-state index contributed by atoms with van der Waals surface area (Å²) in [6.07, 6.45) is -0.582. The molecule has 6 nitrogen and oxygen atoms in total. The number of carbonyl (C=O) groups excluding carboxylic acids is 1. The zero-order valence-corrected chi connectivity index (χ0v) is 10.1. The van der Waals surface area contributed by atoms with E-state index in [4.69, 9.17) is 5.11 Å². The first-order valence-electron chi connectivity index (χ1n) is 4.84. The Kier molecular flexibility index (Phi) is 4.22. The van der Waals surface area contributed by atoms with Crippen molar-refractivity contribution >= 4 is 21.9 Å². The summed E-state index contributed by atoms with van der Waals surface area (Å²) in [6, 6.07) is 7.29. The molecule has 0 heterocycles. The van der Waals surface area contributed by atoms with Gasteiger partial charge in [0, 0.05) is 5.57 Å². The summed E-state index contributed by atoms with van der Waals surface area (Å²) in [5, 5.41) is 8.52. The predicted molar refractivity (Wildman–Crippen MR) is 63.2 cm³/mol. The van der Waals surface area contributed by atoms with Gasteiger partial charge in [0.25, 0.3) is 10.0 Å². The third-order valence-corrected chi connectivity index (χ3v) is 3.37. The van der Waals surface area contributed by atoms with Crippen LogP contribution in [0.4, 0.5) is 0 Å². The minimum atomic E-state index is -3.96. The Hall–Kier alpha value is -2.15. The Morgan fingerprint density at radius 1 is 1.22 bits per heavy atom. The van der Waals surface area contributed by atoms with Gasteiger partial charge in [0.05, 0.1) is 11.3 Å². The second-order valence-electron chi connectivity index (χ2n) is 3.43. The van der Waals surface area contributed by atoms with Crippen molar-refractivity contribution in [1.29, 1.82) is 0 Å². The maximum absolute atomic E-state index is 11.7. The van der Waals surface area contributed by atoms with Gasteiger partial charge in [0.1, 0.15) is 0 Å². The van der Waals surface area contributed by atoms with E-state index in [1.807, 2.05) is 0 Å². The standard InChI is InChI=1S/C11H11NO5S/c1-8(11(14)15)7-10(13)12-18(16,17)9-5-3-2-4-6-9/h2-6H,1,7H2,(H,12,13)(H,14,15). The van der Waals surface area contributed by atoms with Crippen molar-refractivity contribution in [3.63, 3.8) is 0 Å². The fourth-order valence-corrected chi connectivity index (χ4v) is 2.12. The Morgan fingerprint density at radius 2 is 1.78 bits per heavy atom. The van der Waals surface area contributed by atoms with E-state index < -0.39 is 28.3 Å². The van der Waals surface area contributed by atoms with Crippen molar-refractivity contribution in [3.05, 3.63) is 42.5 Å². The second kappa shape index (κ2) is 5.46. The molecule has 0 aromatic heterocycles. The number of aliphatic carboxylic acids is 1. The molecule has 18 heavy (non-hydrogen) atoms. The maximum atomic E-state index is 11.7. The van der Waals surface area contributed by atoms with E-state index >= 15 is 0 Å². The van der Waals surface area contributed by atoms with Crippen LogP contribution in [0.2, 0.25) is 0 Å². The number of sulfonamides is 1. The van der Waals surface area contributed by atoms with Crippen LogP contribution in [0.1, 0.15) is 6.42 Å². The third kappa shape index (κ3) is 3.70. The molecule has 0 fully saturated rings. The number of carboxylic acids is 1. The predicted octanol–water partition coefficient (Wildman–Crippen LogP) is 0.522. The van der Waals surface area contributed by atoms with Crippen LogP contribution in [0.15, 0.2) is 47.4 Å². The van der Waals surface area contributed by atoms with E-state index in [0.29, 0.717) is 0 Å². The van der Waals surface area contributed by atoms with Gasteiger partial charge < -0.3 is 5.11 Å². The Balaban J connectivity index is 2.76. The lowest BCUT2D eigenvalue weighted by molar-refractivity contribution is -0.133. The fourth-order valence-electron chi connectivity index (χ4n) is 1.11. The molecule has 0 radical (unpaired) electrons. The van der Waals surface area contributed by atoms with E-state index in [1.54, 1.807) is 10.8 Å². The average Bonchev–Trinajstić information content (AvgIpc) is 2.29. The highest BCUT2D eigenvalue weighted by Gasteiger charge is 2.18. The molecule has 0 saturated heterocycles. The van der Waals surface area contributed by atoms with Crippen LogP contribution < -0.4 is 4.72 Å². The zero-order chi connectivity index (χ0) is 13.8. The molecular formula is C11H11NO5S. The highest BCUT2D eigenvalue weighted by Crippen LogP contribution is 2.08. The van der Waals surface area contributed by atoms with Crippen molar-refractivity contribution < 1.29 is 23.1 Å². The first kappa shape index (κ1) is 13.9. The van der Waals surface area contributed by atoms with Crippen LogP contribution in [0.3, 0.4) is 0 Å². The number of carbonyl (C=O) groups is 2. The van der Waals surface area contributed by atoms with Gasteiger partial charge in [0.2, 0.25) is 5.91 Å². The number of carboxylic acid groups (broad SMARTS) is 1. The molecule has 0 spiro atoms. The Morgan fingerprint density at radius 3 is 2.28 bits per heavy atom. The highest BCUT2D eigenvalue weighted by molar-refractivity contribution is 7.90. The van der Waals surface area contributed by atoms with Crippen LogP contribution in [0, 0.1) is 0 Å². The quantitative estimate of drug-likeness (QED) is 0.759. The molecule has 0 bridgehead atoms. The van der Waals surface area contributed by atoms with E-state index in [-0.39, 0.29) is 10.5 Å². The van der Waals surface area contributed by atoms with Gasteiger partial charge in [-0.25, -0.2) is 17.9 Å². The summed E-state index contributed by atoms with van der Waals surface area (Å²) in [4.78, 5) is 21.7. The molecule has 0 aliphatic heterocycles. The normalized spacial score (nSPS) is 10.7. The van der Waals surface area contributed by atoms with Crippen molar-refractivity contribution in [2.75, 3.05) is 0 Å². The van der Waals surface area contributed by atoms with E-state index in [9.17, 15) is 18.0 Å². The van der Waals surface area contributed by atoms with Crippen LogP contribution in [-0.2, 0) is 19.6 Å². The minimum Gasteiger partial charge on any atom is -0.478 e. The molecule has 1 aromatic rings. The van der Waals surface area contributed by atoms with Gasteiger partial charge in [-0.1, -0.05) is 24.8 Å². The summed E-state index contributed by atoms with van der Waals surface area (Å²) in [5.41, 5.74) is -0.379. The molecule has 1 rings (SSSR count). The van der Waals surface area contributed by atoms with Crippen molar-refractivity contribution in [3.8, 4) is 0 Å². The monoisotopic (exact) mass is 269 g/mol. The lowest BCUT2D eigenvalue weighted by Crippen LogP contribution is -2.31. The van der Waals surface area contributed by atoms with Gasteiger partial charge >= 0.3 is 5.97 Å². The summed E-state index contributed by atoms with van der Waals surface area (Å²) in [5.74, 6) is -2.28. The SMILES string of the molecule is C=C(CC(=O)NS(=O)(=O)c1ccccc1)C(=O)O. The molecule has 2 N–H and O–H groups in total. The molecule has 0 aliphatic carbocycles. The van der Waals surface area contributed by atoms with Gasteiger partial charge in [-0.05, 0) is 12.1 Å². The molecule has 1 aromatic carbocycles. The average molecular weight is 269 g/mol. The van der Waals surface area contributed by atoms with Crippen molar-refractivity contribution in [1.82, 2.24) is 4.72 Å². The van der Waals surface area contributed by atoms with E-state index in [2.05, 4.69) is 6.58 Å². The smallest absolute Gasteiger partial charge is 0.331 e. The number of hydrogen-bond donors (Lipinski definition) is 2. The number of nitrogens with one attached hydrogen (secondary N) is 1. The topological polar surface area (TPSA) is 101 Å². The molecule has 0 unspecified atom stereocenters. The molecule has 1 amide bonds. The third-order valence-electron chi connectivity index (χ3n) is 1.98. The fraction of sp³-hybridized carbons (Fsp3) is 0.0909. The first-order valence-corrected chi connectivity index (χ1v) is 6.33. The minimum absolute atomic E-state index is 0.0701. The molecule has 0 atom stereocenters. The maximum Gasteiger partial charge on any atom is 0.331 e. The largest absolute Gasteiger partial charge is 0.478 e. The summed E-state index contributed by atoms with van der Waals surface area (Å²) in [7, 11) is -3.96. The molecule has 96 valence electrons. The van der Waals surface area contributed by atoms with E-state index in [1.165, 1.54) is 24.3 Å². The number of rotatable bonds is 5. The lowest BCUT2D eigenvalue weighted by Gasteiger charge is -2.06. The molecule has 0 saturated carbocycles. The van der Waals surface area contributed by atoms with Crippen LogP contribution in [0.25, 0.3) is 0 Å². The van der Waals surface area contributed by atoms with Crippen LogP contribution in [0.5, 0.6) is 0 Å². The van der Waals surface area contributed by atoms with Crippen LogP contribution in [-0.4, -0.2) is 25.4 Å². The summed E-state index contributed by atoms with van der Waals surface area (Å²) >= 11 is 0. The van der Waals surface area contributed by atoms with Gasteiger partial charge in [-0.3, -0.25) is 4.79 Å². The lowest BCUT2D eigenvalue weighted by atomic mass is 10.2. The second-order valence-corrected chi connectivity index (χ2v) is 5.11. The van der Waals surface area contributed by atoms with Crippen LogP contribution >= 0.6 is 0 Å². The Bertz CT molecular complexity index is 577. The van der Waals surface area contributed by atoms with Gasteiger partial charge in [-0.15, -0.1) is 0 Å². The molecular weight excluding hydrogens is 258 g/mol. The van der Waals surface area contributed by atoms with Crippen molar-refractivity contribution in [2.45, 2.75) is 11.3 Å². The van der Waals surface area contributed by atoms with Gasteiger partial charge in [-0.2, -0.15) is 0 Å². The number of amides is 1. The zero-order valence-electron chi connectivity index (χ0n) is 9.29. The highest BCUT2D eigenvalue weighted by atomic mass is 32.2. The molecule has 0 aliphatic rings. The van der Waals surface area contributed by atoms with Crippen molar-refractivity contribution in [2.24, 2.45) is 0 Å². The summed E-state index contributed by atoms with van der Waals surface area (Å²) < 4.78 is 25.1. The van der Waals surface area contributed by atoms with Gasteiger partial charge in [0.15, 0.2) is 0 Å². The Labute approximate surface area is 104 Å². The molecule has 7 heteroatoms. The summed E-state index contributed by atoms with van der Waals surface area (Å²) in [6.45, 7) is 3.14. The number of benzene rings is 1. The first-order chi connectivity index (χ1) is 8.33. The van der Waals surface area contributed by atoms with E-state index in [0.717, 1.165) is 0 Å².